The molecule has 0 bridgehead atoms. The van der Waals surface area contributed by atoms with Crippen LogP contribution in [0.5, 0.6) is 11.6 Å². The number of aromatic nitrogens is 2. The topological polar surface area (TPSA) is 58.6 Å². The number of carbonyl (C=O) groups excluding carboxylic acids is 1. The van der Waals surface area contributed by atoms with E-state index >= 15 is 0 Å². The van der Waals surface area contributed by atoms with Gasteiger partial charge in [-0.05, 0) is 43.4 Å². The number of piperidine rings is 1. The second-order valence-corrected chi connectivity index (χ2v) is 9.36. The summed E-state index contributed by atoms with van der Waals surface area (Å²) in [5.74, 6) is -1.03. The Morgan fingerprint density at radius 1 is 1.03 bits per heavy atom. The van der Waals surface area contributed by atoms with E-state index in [0.29, 0.717) is 30.9 Å². The van der Waals surface area contributed by atoms with Crippen molar-refractivity contribution in [1.82, 2.24) is 14.9 Å². The van der Waals surface area contributed by atoms with Crippen molar-refractivity contribution < 1.29 is 18.3 Å². The second-order valence-electron chi connectivity index (χ2n) is 9.36. The molecule has 2 aromatic carbocycles. The molecule has 0 aliphatic carbocycles. The molecule has 6 nitrogen and oxygen atoms in total. The Morgan fingerprint density at radius 2 is 1.81 bits per heavy atom. The van der Waals surface area contributed by atoms with Gasteiger partial charge in [-0.15, -0.1) is 0 Å². The summed E-state index contributed by atoms with van der Waals surface area (Å²) in [6.45, 7) is 4.52. The minimum Gasteiger partial charge on any atom is -0.435 e. The number of nitrogens with zero attached hydrogens (tertiary/aromatic N) is 4. The molecule has 1 amide bonds. The molecule has 1 atom stereocenters. The van der Waals surface area contributed by atoms with Gasteiger partial charge in [-0.3, -0.25) is 4.79 Å². The zero-order valence-corrected chi connectivity index (χ0v) is 20.4. The number of ether oxygens (including phenoxy) is 1. The summed E-state index contributed by atoms with van der Waals surface area (Å²) in [5.41, 5.74) is 2.46. The summed E-state index contributed by atoms with van der Waals surface area (Å²) in [6, 6.07) is 13.0. The molecule has 0 radical (unpaired) electrons. The Labute approximate surface area is 209 Å². The van der Waals surface area contributed by atoms with E-state index in [4.69, 9.17) is 9.72 Å². The van der Waals surface area contributed by atoms with Crippen molar-refractivity contribution in [3.05, 3.63) is 77.0 Å². The first-order valence-corrected chi connectivity index (χ1v) is 12.6. The van der Waals surface area contributed by atoms with E-state index in [-0.39, 0.29) is 30.0 Å². The first-order chi connectivity index (χ1) is 17.5. The van der Waals surface area contributed by atoms with Crippen LogP contribution >= 0.6 is 0 Å². The predicted molar refractivity (Wildman–Crippen MR) is 133 cm³/mol. The number of benzene rings is 2. The van der Waals surface area contributed by atoms with Gasteiger partial charge < -0.3 is 14.5 Å². The third-order valence-corrected chi connectivity index (χ3v) is 6.97. The van der Waals surface area contributed by atoms with Crippen LogP contribution in [0, 0.1) is 11.6 Å². The Balaban J connectivity index is 1.48. The highest BCUT2D eigenvalue weighted by molar-refractivity contribution is 5.84. The average Bonchev–Trinajstić information content (AvgIpc) is 2.91. The number of hydrogen-bond donors (Lipinski definition) is 0. The molecule has 1 aromatic heterocycles. The van der Waals surface area contributed by atoms with E-state index in [1.165, 1.54) is 12.5 Å². The fraction of sp³-hybridized carbons (Fsp3) is 0.393. The van der Waals surface area contributed by atoms with Gasteiger partial charge in [-0.1, -0.05) is 37.3 Å². The van der Waals surface area contributed by atoms with E-state index < -0.39 is 11.6 Å². The summed E-state index contributed by atoms with van der Waals surface area (Å²) in [6.07, 6.45) is 4.52. The number of anilines is 1. The Morgan fingerprint density at radius 3 is 2.53 bits per heavy atom. The largest absolute Gasteiger partial charge is 0.435 e. The highest BCUT2D eigenvalue weighted by atomic mass is 19.1. The number of rotatable bonds is 6. The molecule has 8 heteroatoms. The van der Waals surface area contributed by atoms with Gasteiger partial charge >= 0.3 is 0 Å². The van der Waals surface area contributed by atoms with Crippen LogP contribution in [-0.4, -0.2) is 40.4 Å². The molecular weight excluding hydrogens is 462 g/mol. The highest BCUT2D eigenvalue weighted by Gasteiger charge is 2.31. The molecular formula is C28H30F2N4O2. The van der Waals surface area contributed by atoms with Crippen molar-refractivity contribution in [1.29, 1.82) is 0 Å². The van der Waals surface area contributed by atoms with E-state index in [1.807, 2.05) is 37.3 Å². The van der Waals surface area contributed by atoms with Crippen LogP contribution in [0.25, 0.3) is 0 Å². The van der Waals surface area contributed by atoms with Gasteiger partial charge in [0.25, 0.3) is 0 Å². The fourth-order valence-corrected chi connectivity index (χ4v) is 5.00. The Kier molecular flexibility index (Phi) is 7.11. The average molecular weight is 493 g/mol. The summed E-state index contributed by atoms with van der Waals surface area (Å²) < 4.78 is 33.9. The van der Waals surface area contributed by atoms with E-state index in [9.17, 15) is 13.6 Å². The molecule has 2 aliphatic heterocycles. The molecule has 1 fully saturated rings. The van der Waals surface area contributed by atoms with Gasteiger partial charge in [-0.2, -0.15) is 4.98 Å². The van der Waals surface area contributed by atoms with E-state index in [1.54, 1.807) is 4.90 Å². The lowest BCUT2D eigenvalue weighted by atomic mass is 9.94. The standard InChI is InChI=1S/C28H30F2N4O2/c1-2-21(19-9-5-3-6-10-19)27(35)34-16-13-24-22(18-34)26(36-25-12-11-20(29)17-23(25)30)32-28(31-24)33-14-7-4-8-15-33/h3,5-6,9-12,17,21H,2,4,7-8,13-16,18H2,1H3. The first-order valence-electron chi connectivity index (χ1n) is 12.6. The molecule has 3 aromatic rings. The smallest absolute Gasteiger partial charge is 0.230 e. The third kappa shape index (κ3) is 5.03. The van der Waals surface area contributed by atoms with Crippen molar-refractivity contribution in [2.45, 2.75) is 51.5 Å². The Hall–Kier alpha value is -3.55. The number of fused-ring (bicyclic) bond motifs is 1. The number of carbonyl (C=O) groups is 1. The quantitative estimate of drug-likeness (QED) is 0.447. The molecule has 2 aliphatic rings. The van der Waals surface area contributed by atoms with Gasteiger partial charge in [0.15, 0.2) is 11.6 Å². The summed E-state index contributed by atoms with van der Waals surface area (Å²) >= 11 is 0. The SMILES string of the molecule is CCC(C(=O)N1CCc2nc(N3CCCCC3)nc(Oc3ccc(F)cc3F)c2C1)c1ccccc1. The van der Waals surface area contributed by atoms with Gasteiger partial charge in [0, 0.05) is 32.1 Å². The van der Waals surface area contributed by atoms with Crippen LogP contribution in [0.4, 0.5) is 14.7 Å². The van der Waals surface area contributed by atoms with Crippen LogP contribution in [0.2, 0.25) is 0 Å². The zero-order valence-electron chi connectivity index (χ0n) is 20.4. The minimum absolute atomic E-state index is 0.0355. The molecule has 1 unspecified atom stereocenters. The molecule has 0 N–H and O–H groups in total. The summed E-state index contributed by atoms with van der Waals surface area (Å²) in [4.78, 5) is 27.0. The number of halogens is 2. The molecule has 3 heterocycles. The monoisotopic (exact) mass is 492 g/mol. The van der Waals surface area contributed by atoms with Crippen molar-refractivity contribution in [3.63, 3.8) is 0 Å². The van der Waals surface area contributed by atoms with Crippen LogP contribution in [0.15, 0.2) is 48.5 Å². The van der Waals surface area contributed by atoms with Crippen LogP contribution in [0.1, 0.15) is 55.3 Å². The fourth-order valence-electron chi connectivity index (χ4n) is 5.00. The van der Waals surface area contributed by atoms with Gasteiger partial charge in [0.1, 0.15) is 5.82 Å². The lowest BCUT2D eigenvalue weighted by Gasteiger charge is -2.33. The maximum atomic E-state index is 14.5. The first kappa shape index (κ1) is 24.2. The molecule has 5 rings (SSSR count). The van der Waals surface area contributed by atoms with Gasteiger partial charge in [0.2, 0.25) is 17.7 Å². The van der Waals surface area contributed by atoms with Crippen LogP contribution in [0.3, 0.4) is 0 Å². The summed E-state index contributed by atoms with van der Waals surface area (Å²) in [7, 11) is 0. The molecule has 36 heavy (non-hydrogen) atoms. The number of amides is 1. The minimum atomic E-state index is -0.805. The maximum absolute atomic E-state index is 14.5. The summed E-state index contributed by atoms with van der Waals surface area (Å²) in [5, 5.41) is 0. The lowest BCUT2D eigenvalue weighted by molar-refractivity contribution is -0.133. The molecule has 0 spiro atoms. The number of hydrogen-bond acceptors (Lipinski definition) is 5. The molecule has 1 saturated heterocycles. The third-order valence-electron chi connectivity index (χ3n) is 6.97. The maximum Gasteiger partial charge on any atom is 0.230 e. The van der Waals surface area contributed by atoms with E-state index in [0.717, 1.165) is 49.3 Å². The molecule has 188 valence electrons. The second kappa shape index (κ2) is 10.6. The Bertz CT molecular complexity index is 1230. The lowest BCUT2D eigenvalue weighted by Crippen LogP contribution is -2.40. The van der Waals surface area contributed by atoms with E-state index in [2.05, 4.69) is 9.88 Å². The highest BCUT2D eigenvalue weighted by Crippen LogP contribution is 2.34. The van der Waals surface area contributed by atoms with Crippen molar-refractivity contribution in [2.24, 2.45) is 0 Å². The van der Waals surface area contributed by atoms with Crippen molar-refractivity contribution in [2.75, 3.05) is 24.5 Å². The van der Waals surface area contributed by atoms with Crippen LogP contribution in [-0.2, 0) is 17.8 Å². The van der Waals surface area contributed by atoms with Crippen molar-refractivity contribution >= 4 is 11.9 Å². The van der Waals surface area contributed by atoms with Gasteiger partial charge in [-0.25, -0.2) is 13.8 Å². The van der Waals surface area contributed by atoms with Crippen molar-refractivity contribution in [3.8, 4) is 11.6 Å². The predicted octanol–water partition coefficient (Wildman–Crippen LogP) is 5.62. The molecule has 0 saturated carbocycles. The zero-order chi connectivity index (χ0) is 25.1. The van der Waals surface area contributed by atoms with Gasteiger partial charge in [0.05, 0.1) is 23.7 Å². The normalized spacial score (nSPS) is 16.4. The van der Waals surface area contributed by atoms with Crippen LogP contribution < -0.4 is 9.64 Å².